The number of hydrogen-bond acceptors (Lipinski definition) is 0. The molecule has 0 aliphatic carbocycles. The maximum atomic E-state index is 2.38. The van der Waals surface area contributed by atoms with Gasteiger partial charge in [0.15, 0.2) is 0 Å². The summed E-state index contributed by atoms with van der Waals surface area (Å²) in [5.41, 5.74) is 2.78. The van der Waals surface area contributed by atoms with Gasteiger partial charge < -0.3 is 0 Å². The Kier molecular flexibility index (Phi) is 3.64. The van der Waals surface area contributed by atoms with E-state index in [-0.39, 0.29) is 0 Å². The zero-order chi connectivity index (χ0) is 19.2. The van der Waals surface area contributed by atoms with E-state index in [9.17, 15) is 0 Å². The van der Waals surface area contributed by atoms with Gasteiger partial charge in [0.25, 0.3) is 0 Å². The van der Waals surface area contributed by atoms with E-state index in [1.165, 1.54) is 54.2 Å². The lowest BCUT2D eigenvalue weighted by molar-refractivity contribution is 1.25. The summed E-state index contributed by atoms with van der Waals surface area (Å²) >= 11 is 0. The highest BCUT2D eigenvalue weighted by Crippen LogP contribution is 2.34. The van der Waals surface area contributed by atoms with Crippen LogP contribution in [0, 0.1) is 0 Å². The molecule has 0 atom stereocenters. The lowest BCUT2D eigenvalue weighted by Crippen LogP contribution is -1.94. The molecule has 0 radical (unpaired) electrons. The second-order valence-corrected chi connectivity index (χ2v) is 7.78. The summed E-state index contributed by atoms with van der Waals surface area (Å²) < 4.78 is 0. The van der Waals surface area contributed by atoms with Gasteiger partial charge in [0.05, 0.1) is 0 Å². The molecule has 6 aromatic carbocycles. The predicted molar refractivity (Wildman–Crippen MR) is 126 cm³/mol. The number of rotatable bonds is 2. The van der Waals surface area contributed by atoms with Crippen molar-refractivity contribution in [1.29, 1.82) is 0 Å². The van der Waals surface area contributed by atoms with E-state index in [2.05, 4.69) is 109 Å². The second kappa shape index (κ2) is 6.46. The Balaban J connectivity index is 1.64. The Morgan fingerprint density at radius 3 is 1.14 bits per heavy atom. The number of fused-ring (bicyclic) bond motifs is 6. The van der Waals surface area contributed by atoms with Crippen LogP contribution in [0.25, 0.3) is 43.1 Å². The highest BCUT2D eigenvalue weighted by atomic mass is 14.1. The zero-order valence-corrected chi connectivity index (χ0v) is 16.1. The molecular formula is C29H20. The van der Waals surface area contributed by atoms with Gasteiger partial charge in [-0.15, -0.1) is 0 Å². The fourth-order valence-electron chi connectivity index (χ4n) is 4.76. The van der Waals surface area contributed by atoms with E-state index in [4.69, 9.17) is 0 Å². The molecule has 6 aromatic rings. The van der Waals surface area contributed by atoms with E-state index < -0.39 is 0 Å². The van der Waals surface area contributed by atoms with Crippen molar-refractivity contribution < 1.29 is 0 Å². The number of hydrogen-bond donors (Lipinski definition) is 0. The van der Waals surface area contributed by atoms with Crippen LogP contribution in [-0.4, -0.2) is 0 Å². The van der Waals surface area contributed by atoms with Crippen molar-refractivity contribution >= 4 is 43.1 Å². The molecule has 0 N–H and O–H groups in total. The van der Waals surface area contributed by atoms with Crippen LogP contribution in [0.15, 0.2) is 109 Å². The molecule has 0 bridgehead atoms. The minimum Gasteiger partial charge on any atom is -0.0616 e. The molecule has 0 saturated carbocycles. The van der Waals surface area contributed by atoms with Crippen molar-refractivity contribution in [2.45, 2.75) is 6.42 Å². The van der Waals surface area contributed by atoms with Crippen molar-refractivity contribution in [3.8, 4) is 0 Å². The van der Waals surface area contributed by atoms with Crippen molar-refractivity contribution in [2.75, 3.05) is 0 Å². The quantitative estimate of drug-likeness (QED) is 0.273. The molecule has 6 rings (SSSR count). The molecule has 0 unspecified atom stereocenters. The molecular weight excluding hydrogens is 348 g/mol. The van der Waals surface area contributed by atoms with Crippen LogP contribution in [0.4, 0.5) is 0 Å². The Morgan fingerprint density at radius 1 is 0.345 bits per heavy atom. The lowest BCUT2D eigenvalue weighted by atomic mass is 9.90. The topological polar surface area (TPSA) is 0 Å². The molecule has 29 heavy (non-hydrogen) atoms. The van der Waals surface area contributed by atoms with Gasteiger partial charge in [-0.2, -0.15) is 0 Å². The van der Waals surface area contributed by atoms with Crippen LogP contribution in [0.1, 0.15) is 11.1 Å². The monoisotopic (exact) mass is 368 g/mol. The van der Waals surface area contributed by atoms with Gasteiger partial charge in [-0.05, 0) is 60.6 Å². The highest BCUT2D eigenvalue weighted by molar-refractivity contribution is 6.11. The minimum atomic E-state index is 0.927. The summed E-state index contributed by atoms with van der Waals surface area (Å²) in [4.78, 5) is 0. The first-order chi connectivity index (χ1) is 14.4. The Labute approximate surface area is 170 Å². The summed E-state index contributed by atoms with van der Waals surface area (Å²) in [6.07, 6.45) is 0.927. The van der Waals surface area contributed by atoms with Gasteiger partial charge in [0.1, 0.15) is 0 Å². The van der Waals surface area contributed by atoms with Crippen molar-refractivity contribution in [3.05, 3.63) is 120 Å². The fraction of sp³-hybridized carbons (Fsp3) is 0.0345. The second-order valence-electron chi connectivity index (χ2n) is 7.78. The van der Waals surface area contributed by atoms with Gasteiger partial charge >= 0.3 is 0 Å². The van der Waals surface area contributed by atoms with Crippen molar-refractivity contribution in [1.82, 2.24) is 0 Å². The molecule has 0 spiro atoms. The molecule has 0 amide bonds. The van der Waals surface area contributed by atoms with Crippen LogP contribution < -0.4 is 0 Å². The van der Waals surface area contributed by atoms with Gasteiger partial charge in [0.2, 0.25) is 0 Å². The molecule has 0 heteroatoms. The molecule has 0 heterocycles. The van der Waals surface area contributed by atoms with Gasteiger partial charge in [0, 0.05) is 0 Å². The average Bonchev–Trinajstić information content (AvgIpc) is 2.79. The van der Waals surface area contributed by atoms with E-state index >= 15 is 0 Å². The lowest BCUT2D eigenvalue weighted by Gasteiger charge is -2.14. The van der Waals surface area contributed by atoms with E-state index in [0.717, 1.165) is 6.42 Å². The smallest absolute Gasteiger partial charge is 0.00130 e. The third-order valence-electron chi connectivity index (χ3n) is 6.09. The molecule has 0 nitrogen and oxygen atoms in total. The Hall–Kier alpha value is -3.64. The predicted octanol–water partition coefficient (Wildman–Crippen LogP) is 7.89. The SMILES string of the molecule is c1ccc2c(c1)cc(Cc1cc3ccccc3c3ccccc13)c1ccccc12. The minimum absolute atomic E-state index is 0.927. The van der Waals surface area contributed by atoms with Gasteiger partial charge in [-0.3, -0.25) is 0 Å². The maximum Gasteiger partial charge on any atom is -0.00130 e. The van der Waals surface area contributed by atoms with Crippen LogP contribution in [-0.2, 0) is 6.42 Å². The van der Waals surface area contributed by atoms with Crippen molar-refractivity contribution in [2.24, 2.45) is 0 Å². The maximum absolute atomic E-state index is 2.38. The first kappa shape index (κ1) is 16.3. The molecule has 0 aliphatic rings. The number of benzene rings is 6. The van der Waals surface area contributed by atoms with Gasteiger partial charge in [-0.25, -0.2) is 0 Å². The summed E-state index contributed by atoms with van der Waals surface area (Å²) in [5, 5.41) is 10.7. The normalized spacial score (nSPS) is 11.6. The Morgan fingerprint density at radius 2 is 0.690 bits per heavy atom. The van der Waals surface area contributed by atoms with Crippen LogP contribution in [0.3, 0.4) is 0 Å². The third kappa shape index (κ3) is 2.61. The molecule has 0 aliphatic heterocycles. The van der Waals surface area contributed by atoms with E-state index in [1.54, 1.807) is 0 Å². The van der Waals surface area contributed by atoms with Gasteiger partial charge in [-0.1, -0.05) is 109 Å². The summed E-state index contributed by atoms with van der Waals surface area (Å²) in [6.45, 7) is 0. The molecule has 0 saturated heterocycles. The van der Waals surface area contributed by atoms with Crippen LogP contribution in [0.2, 0.25) is 0 Å². The van der Waals surface area contributed by atoms with Crippen LogP contribution in [0.5, 0.6) is 0 Å². The average molecular weight is 368 g/mol. The molecule has 136 valence electrons. The van der Waals surface area contributed by atoms with Crippen molar-refractivity contribution in [3.63, 3.8) is 0 Å². The fourth-order valence-corrected chi connectivity index (χ4v) is 4.76. The van der Waals surface area contributed by atoms with E-state index in [1.807, 2.05) is 0 Å². The van der Waals surface area contributed by atoms with E-state index in [0.29, 0.717) is 0 Å². The highest BCUT2D eigenvalue weighted by Gasteiger charge is 2.11. The summed E-state index contributed by atoms with van der Waals surface area (Å²) in [6, 6.07) is 39.8. The Bertz CT molecular complexity index is 1400. The summed E-state index contributed by atoms with van der Waals surface area (Å²) in [7, 11) is 0. The zero-order valence-electron chi connectivity index (χ0n) is 16.1. The first-order valence-corrected chi connectivity index (χ1v) is 10.2. The van der Waals surface area contributed by atoms with Crippen LogP contribution >= 0.6 is 0 Å². The first-order valence-electron chi connectivity index (χ1n) is 10.2. The summed E-state index contributed by atoms with van der Waals surface area (Å²) in [5.74, 6) is 0. The largest absolute Gasteiger partial charge is 0.0616 e. The molecule has 0 aromatic heterocycles. The third-order valence-corrected chi connectivity index (χ3v) is 6.09. The standard InChI is InChI=1S/C29H20/c1-3-11-24-20(9-1)17-22(26-13-5-7-15-28(24)26)19-23-18-21-10-2-4-12-25(21)29-16-8-6-14-27(23)29/h1-18H,19H2. The molecule has 0 fully saturated rings.